The molecule has 10 atom stereocenters. The van der Waals surface area contributed by atoms with Gasteiger partial charge in [0.2, 0.25) is 0 Å². The summed E-state index contributed by atoms with van der Waals surface area (Å²) in [6.07, 6.45) is 1.89. The van der Waals surface area contributed by atoms with Crippen LogP contribution in [0.1, 0.15) is 52.9 Å². The van der Waals surface area contributed by atoms with Gasteiger partial charge in [-0.25, -0.2) is 0 Å². The van der Waals surface area contributed by atoms with E-state index in [1.54, 1.807) is 6.92 Å². The van der Waals surface area contributed by atoms with E-state index < -0.39 is 56.4 Å². The zero-order valence-electron chi connectivity index (χ0n) is 19.7. The summed E-state index contributed by atoms with van der Waals surface area (Å²) in [4.78, 5) is 50.6. The van der Waals surface area contributed by atoms with Crippen molar-refractivity contribution in [3.63, 3.8) is 0 Å². The molecule has 34 heavy (non-hydrogen) atoms. The Labute approximate surface area is 205 Å². The first-order valence-electron chi connectivity index (χ1n) is 11.9. The van der Waals surface area contributed by atoms with E-state index in [2.05, 4.69) is 15.9 Å². The van der Waals surface area contributed by atoms with Crippen LogP contribution in [0.25, 0.3) is 0 Å². The molecule has 4 bridgehead atoms. The molecule has 4 saturated carbocycles. The van der Waals surface area contributed by atoms with E-state index in [0.717, 1.165) is 0 Å². The highest BCUT2D eigenvalue weighted by molar-refractivity contribution is 9.09. The molecule has 0 N–H and O–H groups in total. The Bertz CT molecular complexity index is 1020. The maximum absolute atomic E-state index is 13.6. The zero-order valence-corrected chi connectivity index (χ0v) is 21.3. The number of rotatable bonds is 3. The van der Waals surface area contributed by atoms with Gasteiger partial charge >= 0.3 is 23.9 Å². The Kier molecular flexibility index (Phi) is 4.38. The van der Waals surface area contributed by atoms with Gasteiger partial charge in [-0.2, -0.15) is 0 Å². The lowest BCUT2D eigenvalue weighted by Gasteiger charge is -2.48. The number of hydrogen-bond donors (Lipinski definition) is 0. The predicted molar refractivity (Wildman–Crippen MR) is 116 cm³/mol. The summed E-state index contributed by atoms with van der Waals surface area (Å²) in [5.74, 6) is -2.86. The fraction of sp³-hybridized carbons (Fsp3) is 0.833. The molecule has 186 valence electrons. The standard InChI is InChI=1S/C24H29BrO9/c1-11(26)32-13-7-24-14-5-6-22(33-12(2)27)8-21(14,9-23(22)10-31-23)15(18(28)30-4)16(24)20(3,17(13)25)19(29)34-24/h13-17H,5-10H2,1-4H3/t13-,14?,15?,16?,17+,20-,21-,22+,23+,24-/m1/s1. The van der Waals surface area contributed by atoms with Crippen molar-refractivity contribution in [3.05, 3.63) is 0 Å². The third-order valence-electron chi connectivity index (χ3n) is 10.1. The molecule has 2 saturated heterocycles. The maximum Gasteiger partial charge on any atom is 0.314 e. The minimum absolute atomic E-state index is 0.176. The molecular formula is C24H29BrO9. The molecule has 0 radical (unpaired) electrons. The van der Waals surface area contributed by atoms with Crippen LogP contribution in [0.2, 0.25) is 0 Å². The molecule has 10 heteroatoms. The Morgan fingerprint density at radius 2 is 1.85 bits per heavy atom. The van der Waals surface area contributed by atoms with Gasteiger partial charge in [-0.1, -0.05) is 15.9 Å². The number of fused-ring (bicyclic) bond motifs is 2. The van der Waals surface area contributed by atoms with Gasteiger partial charge in [0.25, 0.3) is 0 Å². The molecular weight excluding hydrogens is 512 g/mol. The van der Waals surface area contributed by atoms with Crippen LogP contribution in [-0.4, -0.2) is 65.3 Å². The SMILES string of the molecule is COC(=O)C1C2[C@@]3(C[C@@H](OC(C)=O)[C@H](Br)[C@]2(C)C(=O)O3)C2CC[C@]3(OC(C)=O)C[C@]12C[C@]31CO1. The van der Waals surface area contributed by atoms with Crippen molar-refractivity contribution >= 4 is 39.8 Å². The minimum Gasteiger partial charge on any atom is -0.469 e. The zero-order chi connectivity index (χ0) is 24.5. The number of carbonyl (C=O) groups excluding carboxylic acids is 4. The second-order valence-electron chi connectivity index (χ2n) is 11.4. The lowest BCUT2D eigenvalue weighted by molar-refractivity contribution is -0.175. The van der Waals surface area contributed by atoms with Gasteiger partial charge in [-0.05, 0) is 38.0 Å². The average molecular weight is 541 g/mol. The van der Waals surface area contributed by atoms with Crippen LogP contribution in [0.15, 0.2) is 0 Å². The van der Waals surface area contributed by atoms with E-state index in [-0.39, 0.29) is 23.8 Å². The van der Waals surface area contributed by atoms with E-state index in [4.69, 9.17) is 23.7 Å². The van der Waals surface area contributed by atoms with Crippen molar-refractivity contribution in [2.45, 2.75) is 80.6 Å². The second-order valence-corrected chi connectivity index (χ2v) is 12.4. The normalized spacial score (nSPS) is 53.6. The molecule has 0 amide bonds. The van der Waals surface area contributed by atoms with Crippen molar-refractivity contribution in [1.29, 1.82) is 0 Å². The first kappa shape index (κ1) is 22.8. The van der Waals surface area contributed by atoms with Gasteiger partial charge < -0.3 is 23.7 Å². The number of methoxy groups -OCH3 is 1. The first-order chi connectivity index (χ1) is 15.9. The van der Waals surface area contributed by atoms with Gasteiger partial charge in [0, 0.05) is 32.1 Å². The summed E-state index contributed by atoms with van der Waals surface area (Å²) >= 11 is 3.67. The fourth-order valence-corrected chi connectivity index (χ4v) is 9.96. The van der Waals surface area contributed by atoms with Crippen LogP contribution in [0, 0.1) is 28.6 Å². The highest BCUT2D eigenvalue weighted by atomic mass is 79.9. The monoisotopic (exact) mass is 540 g/mol. The topological polar surface area (TPSA) is 118 Å². The lowest BCUT2D eigenvalue weighted by atomic mass is 9.59. The number of esters is 4. The molecule has 0 aromatic carbocycles. The van der Waals surface area contributed by atoms with Gasteiger partial charge in [0.1, 0.15) is 22.9 Å². The Morgan fingerprint density at radius 3 is 2.44 bits per heavy atom. The molecule has 6 fully saturated rings. The number of halogens is 1. The van der Waals surface area contributed by atoms with Crippen LogP contribution in [0.5, 0.6) is 0 Å². The number of hydrogen-bond acceptors (Lipinski definition) is 9. The molecule has 0 aromatic rings. The van der Waals surface area contributed by atoms with Gasteiger partial charge in [0.15, 0.2) is 0 Å². The number of carbonyl (C=O) groups is 4. The Balaban J connectivity index is 1.54. The van der Waals surface area contributed by atoms with E-state index in [9.17, 15) is 19.2 Å². The Hall–Kier alpha value is -1.68. The van der Waals surface area contributed by atoms with Crippen molar-refractivity contribution in [2.24, 2.45) is 28.6 Å². The average Bonchev–Trinajstić information content (AvgIpc) is 3.40. The number of epoxide rings is 1. The molecule has 0 aromatic heterocycles. The van der Waals surface area contributed by atoms with Crippen LogP contribution >= 0.6 is 15.9 Å². The van der Waals surface area contributed by atoms with Gasteiger partial charge in [-0.15, -0.1) is 0 Å². The van der Waals surface area contributed by atoms with Crippen molar-refractivity contribution in [2.75, 3.05) is 13.7 Å². The molecule has 6 aliphatic rings. The highest BCUT2D eigenvalue weighted by Crippen LogP contribution is 2.81. The highest BCUT2D eigenvalue weighted by Gasteiger charge is 2.89. The number of alkyl halides is 1. The summed E-state index contributed by atoms with van der Waals surface area (Å²) in [6, 6.07) is 0. The summed E-state index contributed by atoms with van der Waals surface area (Å²) in [5, 5.41) is 0. The van der Waals surface area contributed by atoms with Crippen molar-refractivity contribution < 1.29 is 42.9 Å². The number of ether oxygens (including phenoxy) is 5. The van der Waals surface area contributed by atoms with Crippen LogP contribution in [-0.2, 0) is 42.9 Å². The molecule has 2 aliphatic heterocycles. The van der Waals surface area contributed by atoms with Crippen molar-refractivity contribution in [1.82, 2.24) is 0 Å². The molecule has 4 aliphatic carbocycles. The molecule has 3 unspecified atom stereocenters. The van der Waals surface area contributed by atoms with Gasteiger partial charge in [-0.3, -0.25) is 19.2 Å². The second kappa shape index (κ2) is 6.55. The molecule has 6 rings (SSSR count). The van der Waals surface area contributed by atoms with Gasteiger partial charge in [0.05, 0.1) is 29.9 Å². The van der Waals surface area contributed by atoms with Crippen LogP contribution in [0.3, 0.4) is 0 Å². The van der Waals surface area contributed by atoms with Crippen LogP contribution < -0.4 is 0 Å². The summed E-state index contributed by atoms with van der Waals surface area (Å²) in [5.41, 5.74) is -4.14. The minimum atomic E-state index is -1.10. The third-order valence-corrected chi connectivity index (χ3v) is 11.6. The third kappa shape index (κ3) is 2.35. The van der Waals surface area contributed by atoms with Crippen molar-refractivity contribution in [3.8, 4) is 0 Å². The van der Waals surface area contributed by atoms with Crippen LogP contribution in [0.4, 0.5) is 0 Å². The molecule has 2 heterocycles. The maximum atomic E-state index is 13.6. The van der Waals surface area contributed by atoms with E-state index >= 15 is 0 Å². The van der Waals surface area contributed by atoms with E-state index in [1.165, 1.54) is 21.0 Å². The summed E-state index contributed by atoms with van der Waals surface area (Å²) in [6.45, 7) is 5.02. The first-order valence-corrected chi connectivity index (χ1v) is 12.8. The fourth-order valence-electron chi connectivity index (χ4n) is 9.19. The van der Waals surface area contributed by atoms with E-state index in [0.29, 0.717) is 38.7 Å². The van der Waals surface area contributed by atoms with E-state index in [1.807, 2.05) is 0 Å². The predicted octanol–water partition coefficient (Wildman–Crippen LogP) is 2.07. The largest absolute Gasteiger partial charge is 0.469 e. The Morgan fingerprint density at radius 1 is 1.15 bits per heavy atom. The quantitative estimate of drug-likeness (QED) is 0.229. The summed E-state index contributed by atoms with van der Waals surface area (Å²) in [7, 11) is 1.36. The summed E-state index contributed by atoms with van der Waals surface area (Å²) < 4.78 is 29.3. The molecule has 2 spiro atoms. The molecule has 9 nitrogen and oxygen atoms in total. The lowest BCUT2D eigenvalue weighted by Crippen LogP contribution is -2.58. The smallest absolute Gasteiger partial charge is 0.314 e.